The van der Waals surface area contributed by atoms with Gasteiger partial charge in [0.05, 0.1) is 12.2 Å². The number of fused-ring (bicyclic) bond motifs is 3. The van der Waals surface area contributed by atoms with Crippen LogP contribution in [-0.4, -0.2) is 60.3 Å². The Bertz CT molecular complexity index is 868. The van der Waals surface area contributed by atoms with E-state index in [0.717, 1.165) is 54.1 Å². The molecule has 1 fully saturated rings. The molecule has 4 rings (SSSR count). The molecule has 0 aliphatic carbocycles. The highest BCUT2D eigenvalue weighted by atomic mass is 16.5. The minimum absolute atomic E-state index is 0.287. The zero-order valence-electron chi connectivity index (χ0n) is 15.0. The molecule has 0 bridgehead atoms. The molecule has 1 saturated heterocycles. The van der Waals surface area contributed by atoms with Gasteiger partial charge >= 0.3 is 0 Å². The highest BCUT2D eigenvalue weighted by molar-refractivity contribution is 6.05. The Balaban J connectivity index is 1.55. The van der Waals surface area contributed by atoms with Crippen molar-refractivity contribution in [2.24, 2.45) is 0 Å². The molecule has 25 heavy (non-hydrogen) atoms. The molecule has 0 N–H and O–H groups in total. The fraction of sp³-hybridized carbons (Fsp3) is 0.474. The van der Waals surface area contributed by atoms with E-state index in [-0.39, 0.29) is 12.2 Å². The van der Waals surface area contributed by atoms with E-state index in [1.165, 1.54) is 0 Å². The van der Waals surface area contributed by atoms with Gasteiger partial charge in [0.2, 0.25) is 0 Å². The van der Waals surface area contributed by atoms with E-state index in [1.807, 2.05) is 24.3 Å². The highest BCUT2D eigenvalue weighted by Crippen LogP contribution is 2.31. The number of nitrogens with zero attached hydrogens (tertiary/aromatic N) is 4. The number of anilines is 1. The lowest BCUT2D eigenvalue weighted by atomic mass is 10.2. The summed E-state index contributed by atoms with van der Waals surface area (Å²) in [6.45, 7) is 8.07. The fourth-order valence-electron chi connectivity index (χ4n) is 3.65. The standard InChI is InChI=1S/C19H24N4O2/c1-13-10-23(11-14(2)24-13)9-8-22(3)19-18-17(20-12-21-19)15-6-4-5-7-16(15)25-18/h4-7,12-14H,8-11H2,1-3H3/t13-,14+. The van der Waals surface area contributed by atoms with Crippen molar-refractivity contribution in [3.63, 3.8) is 0 Å². The van der Waals surface area contributed by atoms with Gasteiger partial charge in [-0.1, -0.05) is 12.1 Å². The Morgan fingerprint density at radius 1 is 1.16 bits per heavy atom. The molecule has 6 heteroatoms. The minimum atomic E-state index is 0.287. The van der Waals surface area contributed by atoms with Crippen LogP contribution in [0.15, 0.2) is 35.0 Å². The van der Waals surface area contributed by atoms with Crippen LogP contribution in [0, 0.1) is 0 Å². The van der Waals surface area contributed by atoms with Crippen LogP contribution < -0.4 is 4.90 Å². The average molecular weight is 340 g/mol. The molecule has 0 amide bonds. The number of benzene rings is 1. The van der Waals surface area contributed by atoms with Crippen molar-refractivity contribution in [2.45, 2.75) is 26.1 Å². The summed E-state index contributed by atoms with van der Waals surface area (Å²) < 4.78 is 11.8. The van der Waals surface area contributed by atoms with Crippen LogP contribution >= 0.6 is 0 Å². The molecular formula is C19H24N4O2. The summed E-state index contributed by atoms with van der Waals surface area (Å²) >= 11 is 0. The molecule has 0 unspecified atom stereocenters. The third-order valence-corrected chi connectivity index (χ3v) is 4.75. The molecule has 1 aromatic carbocycles. The number of furan rings is 1. The Morgan fingerprint density at radius 3 is 2.72 bits per heavy atom. The topological polar surface area (TPSA) is 54.6 Å². The quantitative estimate of drug-likeness (QED) is 0.728. The van der Waals surface area contributed by atoms with Crippen LogP contribution in [0.3, 0.4) is 0 Å². The number of hydrogen-bond donors (Lipinski definition) is 0. The molecule has 0 saturated carbocycles. The van der Waals surface area contributed by atoms with Crippen LogP contribution in [-0.2, 0) is 4.74 Å². The molecule has 3 aromatic rings. The summed E-state index contributed by atoms with van der Waals surface area (Å²) in [5.74, 6) is 0.843. The van der Waals surface area contributed by atoms with Gasteiger partial charge in [0.25, 0.3) is 0 Å². The van der Waals surface area contributed by atoms with Gasteiger partial charge in [0.1, 0.15) is 17.4 Å². The third-order valence-electron chi connectivity index (χ3n) is 4.75. The van der Waals surface area contributed by atoms with Crippen molar-refractivity contribution < 1.29 is 9.15 Å². The first-order chi connectivity index (χ1) is 12.1. The van der Waals surface area contributed by atoms with Gasteiger partial charge in [0.15, 0.2) is 11.4 Å². The molecule has 132 valence electrons. The number of hydrogen-bond acceptors (Lipinski definition) is 6. The van der Waals surface area contributed by atoms with Gasteiger partial charge in [-0.15, -0.1) is 0 Å². The van der Waals surface area contributed by atoms with Gasteiger partial charge in [0, 0.05) is 38.6 Å². The number of likely N-dealkylation sites (N-methyl/N-ethyl adjacent to an activating group) is 1. The number of ether oxygens (including phenoxy) is 1. The van der Waals surface area contributed by atoms with Gasteiger partial charge in [-0.3, -0.25) is 4.90 Å². The zero-order chi connectivity index (χ0) is 17.4. The molecule has 2 aromatic heterocycles. The van der Waals surface area contributed by atoms with E-state index >= 15 is 0 Å². The maximum atomic E-state index is 6.03. The molecule has 0 spiro atoms. The molecular weight excluding hydrogens is 316 g/mol. The first-order valence-corrected chi connectivity index (χ1v) is 8.83. The van der Waals surface area contributed by atoms with E-state index in [2.05, 4.69) is 40.7 Å². The molecule has 1 aliphatic heterocycles. The van der Waals surface area contributed by atoms with Crippen LogP contribution in [0.1, 0.15) is 13.8 Å². The number of morpholine rings is 1. The minimum Gasteiger partial charge on any atom is -0.450 e. The van der Waals surface area contributed by atoms with Crippen molar-refractivity contribution in [2.75, 3.05) is 38.1 Å². The van der Waals surface area contributed by atoms with Crippen LogP contribution in [0.2, 0.25) is 0 Å². The van der Waals surface area contributed by atoms with Crippen molar-refractivity contribution in [1.82, 2.24) is 14.9 Å². The third kappa shape index (κ3) is 3.19. The van der Waals surface area contributed by atoms with Gasteiger partial charge in [-0.05, 0) is 26.0 Å². The zero-order valence-corrected chi connectivity index (χ0v) is 15.0. The average Bonchev–Trinajstić information content (AvgIpc) is 2.97. The summed E-state index contributed by atoms with van der Waals surface area (Å²) in [5, 5.41) is 1.03. The van der Waals surface area contributed by atoms with Gasteiger partial charge in [-0.25, -0.2) is 9.97 Å². The van der Waals surface area contributed by atoms with Gasteiger partial charge < -0.3 is 14.1 Å². The smallest absolute Gasteiger partial charge is 0.196 e. The Hall–Kier alpha value is -2.18. The Labute approximate surface area is 147 Å². The molecule has 2 atom stereocenters. The lowest BCUT2D eigenvalue weighted by Crippen LogP contribution is -2.47. The van der Waals surface area contributed by atoms with Crippen molar-refractivity contribution in [1.29, 1.82) is 0 Å². The SMILES string of the molecule is C[C@@H]1CN(CCN(C)c2ncnc3c2oc2ccccc23)C[C@H](C)O1. The van der Waals surface area contributed by atoms with Crippen molar-refractivity contribution >= 4 is 27.9 Å². The van der Waals surface area contributed by atoms with E-state index < -0.39 is 0 Å². The van der Waals surface area contributed by atoms with Crippen LogP contribution in [0.5, 0.6) is 0 Å². The number of rotatable bonds is 4. The summed E-state index contributed by atoms with van der Waals surface area (Å²) in [6.07, 6.45) is 2.19. The van der Waals surface area contributed by atoms with E-state index in [1.54, 1.807) is 6.33 Å². The lowest BCUT2D eigenvalue weighted by Gasteiger charge is -2.36. The molecule has 6 nitrogen and oxygen atoms in total. The summed E-state index contributed by atoms with van der Waals surface area (Å²) in [7, 11) is 2.06. The lowest BCUT2D eigenvalue weighted by molar-refractivity contribution is -0.0670. The normalized spacial score (nSPS) is 21.9. The van der Waals surface area contributed by atoms with Crippen LogP contribution in [0.4, 0.5) is 5.82 Å². The second kappa shape index (κ2) is 6.61. The Morgan fingerprint density at radius 2 is 1.92 bits per heavy atom. The first-order valence-electron chi connectivity index (χ1n) is 8.83. The predicted molar refractivity (Wildman–Crippen MR) is 99.0 cm³/mol. The fourth-order valence-corrected chi connectivity index (χ4v) is 3.65. The van der Waals surface area contributed by atoms with E-state index in [4.69, 9.17) is 9.15 Å². The van der Waals surface area contributed by atoms with Crippen molar-refractivity contribution in [3.8, 4) is 0 Å². The Kier molecular flexibility index (Phi) is 4.31. The maximum Gasteiger partial charge on any atom is 0.196 e. The summed E-state index contributed by atoms with van der Waals surface area (Å²) in [5.41, 5.74) is 2.49. The van der Waals surface area contributed by atoms with E-state index in [0.29, 0.717) is 0 Å². The molecule has 0 radical (unpaired) electrons. The summed E-state index contributed by atoms with van der Waals surface area (Å²) in [6, 6.07) is 7.98. The molecule has 1 aliphatic rings. The van der Waals surface area contributed by atoms with Crippen molar-refractivity contribution in [3.05, 3.63) is 30.6 Å². The second-order valence-electron chi connectivity index (χ2n) is 6.91. The van der Waals surface area contributed by atoms with Crippen LogP contribution in [0.25, 0.3) is 22.1 Å². The predicted octanol–water partition coefficient (Wildman–Crippen LogP) is 2.92. The number of para-hydroxylation sites is 1. The van der Waals surface area contributed by atoms with Gasteiger partial charge in [-0.2, -0.15) is 0 Å². The largest absolute Gasteiger partial charge is 0.450 e. The molecule has 3 heterocycles. The maximum absolute atomic E-state index is 6.03. The summed E-state index contributed by atoms with van der Waals surface area (Å²) in [4.78, 5) is 13.5. The highest BCUT2D eigenvalue weighted by Gasteiger charge is 2.23. The second-order valence-corrected chi connectivity index (χ2v) is 6.91. The monoisotopic (exact) mass is 340 g/mol. The first kappa shape index (κ1) is 16.3. The van der Waals surface area contributed by atoms with E-state index in [9.17, 15) is 0 Å². The number of aromatic nitrogens is 2.